The average Bonchev–Trinajstić information content (AvgIpc) is 2.79. The van der Waals surface area contributed by atoms with Crippen LogP contribution in [0.5, 0.6) is 0 Å². The maximum Gasteiger partial charge on any atom is 0.252 e. The first-order valence-corrected chi connectivity index (χ1v) is 11.0. The van der Waals surface area contributed by atoms with Crippen molar-refractivity contribution in [2.24, 2.45) is 0 Å². The molecule has 0 spiro atoms. The minimum absolute atomic E-state index is 0.0731. The Morgan fingerprint density at radius 3 is 2.26 bits per heavy atom. The van der Waals surface area contributed by atoms with E-state index in [9.17, 15) is 4.79 Å². The van der Waals surface area contributed by atoms with E-state index in [0.29, 0.717) is 15.6 Å². The number of hydrogen-bond donors (Lipinski definition) is 1. The number of hydrogen-bond acceptors (Lipinski definition) is 1. The summed E-state index contributed by atoms with van der Waals surface area (Å²) in [7, 11) is 0. The van der Waals surface area contributed by atoms with Crippen LogP contribution in [0.1, 0.15) is 34.3 Å². The second-order valence-corrected chi connectivity index (χ2v) is 8.56. The van der Waals surface area contributed by atoms with E-state index >= 15 is 0 Å². The van der Waals surface area contributed by atoms with Crippen LogP contribution in [0.3, 0.4) is 0 Å². The molecule has 156 valence electrons. The van der Waals surface area contributed by atoms with E-state index in [1.165, 1.54) is 0 Å². The second kappa shape index (κ2) is 9.51. The third-order valence-electron chi connectivity index (χ3n) is 5.58. The van der Waals surface area contributed by atoms with Crippen LogP contribution in [0.4, 0.5) is 0 Å². The number of nitrogens with one attached hydrogen (secondary N) is 2. The van der Waals surface area contributed by atoms with E-state index < -0.39 is 0 Å². The highest BCUT2D eigenvalue weighted by Crippen LogP contribution is 2.27. The van der Waals surface area contributed by atoms with Crippen molar-refractivity contribution in [1.82, 2.24) is 5.32 Å². The van der Waals surface area contributed by atoms with Gasteiger partial charge in [0.1, 0.15) is 0 Å². The van der Waals surface area contributed by atoms with Gasteiger partial charge in [-0.25, -0.2) is 4.98 Å². The molecule has 2 N–H and O–H groups in total. The number of halogens is 2. The Bertz CT molecular complexity index is 1180. The van der Waals surface area contributed by atoms with Crippen LogP contribution in [0, 0.1) is 0 Å². The van der Waals surface area contributed by atoms with E-state index in [0.717, 1.165) is 28.5 Å². The van der Waals surface area contributed by atoms with Crippen molar-refractivity contribution in [3.63, 3.8) is 0 Å². The van der Waals surface area contributed by atoms with E-state index in [1.54, 1.807) is 6.20 Å². The first-order chi connectivity index (χ1) is 15.0. The highest BCUT2D eigenvalue weighted by molar-refractivity contribution is 6.30. The van der Waals surface area contributed by atoms with Crippen molar-refractivity contribution in [2.75, 3.05) is 0 Å². The molecule has 1 aromatic heterocycles. The number of benzene rings is 3. The minimum Gasteiger partial charge on any atom is -0.349 e. The molecule has 0 aliphatic rings. The molecule has 0 saturated carbocycles. The molecule has 0 radical (unpaired) electrons. The normalized spacial score (nSPS) is 13.0. The fraction of sp³-hybridized carbons (Fsp3) is 0.154. The number of carbonyl (C=O) groups excluding carboxylic acids is 1. The van der Waals surface area contributed by atoms with Crippen LogP contribution in [0.15, 0.2) is 85.1 Å². The molecule has 4 aromatic rings. The summed E-state index contributed by atoms with van der Waals surface area (Å²) in [5.74, 6) is -0.0169. The van der Waals surface area contributed by atoms with Crippen molar-refractivity contribution in [3.8, 4) is 0 Å². The molecule has 0 fully saturated rings. The van der Waals surface area contributed by atoms with Gasteiger partial charge < -0.3 is 5.32 Å². The summed E-state index contributed by atoms with van der Waals surface area (Å²) in [6.45, 7) is 2.05. The molecule has 0 unspecified atom stereocenters. The molecule has 3 aromatic carbocycles. The van der Waals surface area contributed by atoms with Gasteiger partial charge >= 0.3 is 0 Å². The smallest absolute Gasteiger partial charge is 0.252 e. The lowest BCUT2D eigenvalue weighted by Gasteiger charge is -2.26. The predicted octanol–water partition coefficient (Wildman–Crippen LogP) is 6.11. The Morgan fingerprint density at radius 2 is 1.55 bits per heavy atom. The van der Waals surface area contributed by atoms with Gasteiger partial charge in [-0.1, -0.05) is 59.6 Å². The lowest BCUT2D eigenvalue weighted by molar-refractivity contribution is -0.344. The van der Waals surface area contributed by atoms with E-state index in [4.69, 9.17) is 23.2 Å². The number of aromatic amines is 1. The van der Waals surface area contributed by atoms with Crippen LogP contribution in [0.2, 0.25) is 10.0 Å². The Balaban J connectivity index is 1.61. The number of H-pyrrole nitrogens is 1. The Kier molecular flexibility index (Phi) is 6.55. The zero-order valence-corrected chi connectivity index (χ0v) is 18.6. The molecule has 2 atom stereocenters. The first-order valence-electron chi connectivity index (χ1n) is 10.2. The van der Waals surface area contributed by atoms with Crippen LogP contribution < -0.4 is 10.3 Å². The minimum atomic E-state index is -0.104. The lowest BCUT2D eigenvalue weighted by Crippen LogP contribution is -2.38. The summed E-state index contributed by atoms with van der Waals surface area (Å²) in [5, 5.41) is 5.52. The molecule has 1 amide bonds. The molecular formula is C26H23Cl2N2O+. The number of pyridine rings is 1. The molecule has 4 rings (SSSR count). The van der Waals surface area contributed by atoms with Crippen molar-refractivity contribution in [1.29, 1.82) is 0 Å². The predicted molar refractivity (Wildman–Crippen MR) is 127 cm³/mol. The van der Waals surface area contributed by atoms with Crippen molar-refractivity contribution in [2.45, 2.75) is 25.3 Å². The SMILES string of the molecule is C[C@@H](NC(=O)c1cc[nH+]c2ccccc12)[C@H](Cc1ccc(Cl)cc1)c1ccc(Cl)cc1. The molecule has 0 aliphatic heterocycles. The van der Waals surface area contributed by atoms with Crippen molar-refractivity contribution >= 4 is 40.0 Å². The highest BCUT2D eigenvalue weighted by Gasteiger charge is 2.23. The van der Waals surface area contributed by atoms with Gasteiger partial charge in [0.05, 0.1) is 10.9 Å². The van der Waals surface area contributed by atoms with Crippen LogP contribution in [-0.2, 0) is 6.42 Å². The molecule has 1 heterocycles. The lowest BCUT2D eigenvalue weighted by atomic mass is 9.86. The van der Waals surface area contributed by atoms with Gasteiger partial charge in [-0.2, -0.15) is 0 Å². The fourth-order valence-corrected chi connectivity index (χ4v) is 4.15. The summed E-state index contributed by atoms with van der Waals surface area (Å²) in [6.07, 6.45) is 2.57. The standard InChI is InChI=1S/C26H22Cl2N2O/c1-17(30-26(31)23-14-15-29-25-5-3-2-4-22(23)25)24(19-8-12-21(28)13-9-19)16-18-6-10-20(27)11-7-18/h2-15,17,24H,16H2,1H3,(H,30,31)/p+1/t17-,24+/m1/s1. The zero-order chi connectivity index (χ0) is 21.8. The zero-order valence-electron chi connectivity index (χ0n) is 17.1. The van der Waals surface area contributed by atoms with Gasteiger partial charge in [-0.15, -0.1) is 0 Å². The van der Waals surface area contributed by atoms with E-state index in [1.807, 2.05) is 85.8 Å². The summed E-state index contributed by atoms with van der Waals surface area (Å²) < 4.78 is 0. The molecule has 5 heteroatoms. The van der Waals surface area contributed by atoms with Gasteiger partial charge in [0.15, 0.2) is 6.20 Å². The van der Waals surface area contributed by atoms with Gasteiger partial charge in [0.25, 0.3) is 5.91 Å². The number of amides is 1. The third kappa shape index (κ3) is 5.07. The second-order valence-electron chi connectivity index (χ2n) is 7.69. The molecule has 0 saturated heterocycles. The Labute approximate surface area is 192 Å². The average molecular weight is 450 g/mol. The van der Waals surface area contributed by atoms with Gasteiger partial charge in [0.2, 0.25) is 5.52 Å². The van der Waals surface area contributed by atoms with Gasteiger partial charge in [-0.05, 0) is 54.8 Å². The summed E-state index contributed by atoms with van der Waals surface area (Å²) in [6, 6.07) is 25.2. The number of rotatable bonds is 6. The molecule has 0 aliphatic carbocycles. The number of para-hydroxylation sites is 1. The van der Waals surface area contributed by atoms with E-state index in [-0.39, 0.29) is 17.9 Å². The summed E-state index contributed by atoms with van der Waals surface area (Å²) >= 11 is 12.2. The van der Waals surface area contributed by atoms with E-state index in [2.05, 4.69) is 10.3 Å². The summed E-state index contributed by atoms with van der Waals surface area (Å²) in [5.41, 5.74) is 3.87. The first kappa shape index (κ1) is 21.4. The van der Waals surface area contributed by atoms with Crippen LogP contribution in [-0.4, -0.2) is 11.9 Å². The number of aromatic nitrogens is 1. The monoisotopic (exact) mass is 449 g/mol. The molecule has 31 heavy (non-hydrogen) atoms. The van der Waals surface area contributed by atoms with Gasteiger partial charge in [0, 0.05) is 34.1 Å². The Morgan fingerprint density at radius 1 is 0.903 bits per heavy atom. The van der Waals surface area contributed by atoms with Crippen LogP contribution in [0.25, 0.3) is 10.9 Å². The van der Waals surface area contributed by atoms with Crippen LogP contribution >= 0.6 is 23.2 Å². The number of carbonyl (C=O) groups is 1. The van der Waals surface area contributed by atoms with Crippen molar-refractivity contribution < 1.29 is 9.78 Å². The molecule has 0 bridgehead atoms. The highest BCUT2D eigenvalue weighted by atomic mass is 35.5. The fourth-order valence-electron chi connectivity index (χ4n) is 3.90. The maximum atomic E-state index is 13.2. The summed E-state index contributed by atoms with van der Waals surface area (Å²) in [4.78, 5) is 16.4. The molecule has 3 nitrogen and oxygen atoms in total. The topological polar surface area (TPSA) is 43.2 Å². The molecular weight excluding hydrogens is 427 g/mol. The quantitative estimate of drug-likeness (QED) is 0.379. The Hall–Kier alpha value is -2.88. The third-order valence-corrected chi connectivity index (χ3v) is 6.08. The van der Waals surface area contributed by atoms with Crippen molar-refractivity contribution in [3.05, 3.63) is 112 Å². The largest absolute Gasteiger partial charge is 0.349 e. The van der Waals surface area contributed by atoms with Gasteiger partial charge in [-0.3, -0.25) is 4.79 Å². The number of fused-ring (bicyclic) bond motifs is 1. The maximum absolute atomic E-state index is 13.2.